The van der Waals surface area contributed by atoms with Crippen LogP contribution >= 0.6 is 11.3 Å². The van der Waals surface area contributed by atoms with Gasteiger partial charge in [-0.2, -0.15) is 0 Å². The summed E-state index contributed by atoms with van der Waals surface area (Å²) < 4.78 is 25.4. The molecule has 1 saturated heterocycles. The summed E-state index contributed by atoms with van der Waals surface area (Å²) in [7, 11) is 0. The highest BCUT2D eigenvalue weighted by molar-refractivity contribution is 7.22. The molecule has 0 saturated carbocycles. The Bertz CT molecular complexity index is 1530. The third-order valence-electron chi connectivity index (χ3n) is 5.81. The Balaban J connectivity index is 1.53. The van der Waals surface area contributed by atoms with E-state index in [0.29, 0.717) is 46.1 Å². The van der Waals surface area contributed by atoms with Crippen LogP contribution in [0, 0.1) is 5.82 Å². The number of amides is 1. The predicted molar refractivity (Wildman–Crippen MR) is 126 cm³/mol. The molecule has 2 aromatic carbocycles. The fraction of sp³-hybridized carbons (Fsp3) is 0.120. The Morgan fingerprint density at radius 2 is 1.91 bits per heavy atom. The molecular formula is C25H16FN3O5S. The third kappa shape index (κ3) is 3.50. The Kier molecular flexibility index (Phi) is 4.96. The summed E-state index contributed by atoms with van der Waals surface area (Å²) in [5, 5.41) is 11.5. The molecule has 0 bridgehead atoms. The van der Waals surface area contributed by atoms with Gasteiger partial charge in [0.05, 0.1) is 21.8 Å². The number of Topliss-reactive ketones (excluding diaryl/α,β-unsaturated/α-hetero) is 1. The fourth-order valence-electron chi connectivity index (χ4n) is 4.22. The van der Waals surface area contributed by atoms with Crippen LogP contribution in [0.3, 0.4) is 0 Å². The summed E-state index contributed by atoms with van der Waals surface area (Å²) in [5.41, 5.74) is 1.19. The molecule has 1 fully saturated rings. The summed E-state index contributed by atoms with van der Waals surface area (Å²) in [6.07, 6.45) is 3.09. The molecule has 6 rings (SSSR count). The second kappa shape index (κ2) is 8.17. The molecule has 2 aliphatic rings. The van der Waals surface area contributed by atoms with Crippen molar-refractivity contribution in [1.82, 2.24) is 9.97 Å². The minimum absolute atomic E-state index is 0.106. The number of carbonyl (C=O) groups excluding carboxylic acids is 2. The Labute approximate surface area is 201 Å². The average Bonchev–Trinajstić information content (AvgIpc) is 3.41. The van der Waals surface area contributed by atoms with Gasteiger partial charge in [-0.05, 0) is 48.0 Å². The first-order valence-electron chi connectivity index (χ1n) is 10.7. The van der Waals surface area contributed by atoms with Gasteiger partial charge in [-0.25, -0.2) is 9.37 Å². The van der Waals surface area contributed by atoms with E-state index >= 15 is 0 Å². The van der Waals surface area contributed by atoms with Crippen LogP contribution in [0.1, 0.15) is 17.2 Å². The van der Waals surface area contributed by atoms with Crippen LogP contribution in [-0.4, -0.2) is 40.0 Å². The van der Waals surface area contributed by atoms with Gasteiger partial charge >= 0.3 is 5.91 Å². The zero-order valence-corrected chi connectivity index (χ0v) is 18.8. The van der Waals surface area contributed by atoms with E-state index in [-0.39, 0.29) is 16.5 Å². The van der Waals surface area contributed by atoms with Gasteiger partial charge in [0, 0.05) is 18.0 Å². The van der Waals surface area contributed by atoms with Gasteiger partial charge < -0.3 is 14.6 Å². The highest BCUT2D eigenvalue weighted by atomic mass is 32.1. The number of rotatable bonds is 3. The molecule has 35 heavy (non-hydrogen) atoms. The van der Waals surface area contributed by atoms with Crippen molar-refractivity contribution < 1.29 is 28.6 Å². The number of benzene rings is 2. The largest absolute Gasteiger partial charge is 0.507 e. The third-order valence-corrected chi connectivity index (χ3v) is 6.82. The quantitative estimate of drug-likeness (QED) is 0.261. The highest BCUT2D eigenvalue weighted by Gasteiger charge is 2.48. The van der Waals surface area contributed by atoms with Crippen molar-refractivity contribution in [3.63, 3.8) is 0 Å². The zero-order chi connectivity index (χ0) is 24.1. The van der Waals surface area contributed by atoms with E-state index in [2.05, 4.69) is 9.97 Å². The van der Waals surface area contributed by atoms with Crippen molar-refractivity contribution in [3.8, 4) is 11.5 Å². The van der Waals surface area contributed by atoms with Gasteiger partial charge in [-0.1, -0.05) is 17.4 Å². The number of pyridine rings is 1. The minimum atomic E-state index is -0.984. The number of nitrogens with zero attached hydrogens (tertiary/aromatic N) is 3. The van der Waals surface area contributed by atoms with Crippen LogP contribution in [0.4, 0.5) is 9.52 Å². The summed E-state index contributed by atoms with van der Waals surface area (Å²) in [6, 6.07) is 11.3. The maximum atomic E-state index is 13.8. The highest BCUT2D eigenvalue weighted by Crippen LogP contribution is 2.44. The van der Waals surface area contributed by atoms with Gasteiger partial charge in [0.25, 0.3) is 5.78 Å². The molecule has 2 aromatic heterocycles. The standard InChI is InChI=1S/C25H16FN3O5S/c26-15-4-5-16-19(11-15)35-25(28-16)29-21(14-2-1-7-27-12-14)20(23(31)24(29)32)22(30)13-3-6-17-18(10-13)34-9-8-33-17/h1-7,10-12,21,30H,8-9H2/t21-/m1/s1. The van der Waals surface area contributed by atoms with E-state index < -0.39 is 23.5 Å². The Morgan fingerprint density at radius 1 is 1.09 bits per heavy atom. The molecular weight excluding hydrogens is 473 g/mol. The fourth-order valence-corrected chi connectivity index (χ4v) is 5.24. The van der Waals surface area contributed by atoms with Crippen molar-refractivity contribution in [3.05, 3.63) is 83.4 Å². The molecule has 2 aliphatic heterocycles. The monoisotopic (exact) mass is 489 g/mol. The predicted octanol–water partition coefficient (Wildman–Crippen LogP) is 4.23. The smallest absolute Gasteiger partial charge is 0.301 e. The van der Waals surface area contributed by atoms with Crippen LogP contribution in [0.15, 0.2) is 66.5 Å². The number of fused-ring (bicyclic) bond motifs is 2. The minimum Gasteiger partial charge on any atom is -0.507 e. The van der Waals surface area contributed by atoms with Crippen molar-refractivity contribution >= 4 is 44.1 Å². The topological polar surface area (TPSA) is 102 Å². The molecule has 174 valence electrons. The van der Waals surface area contributed by atoms with Gasteiger partial charge in [0.15, 0.2) is 16.6 Å². The first kappa shape index (κ1) is 21.2. The van der Waals surface area contributed by atoms with Crippen LogP contribution in [0.5, 0.6) is 11.5 Å². The summed E-state index contributed by atoms with van der Waals surface area (Å²) in [4.78, 5) is 36.4. The summed E-state index contributed by atoms with van der Waals surface area (Å²) >= 11 is 1.08. The molecule has 1 N–H and O–H groups in total. The molecule has 0 unspecified atom stereocenters. The molecule has 10 heteroatoms. The van der Waals surface area contributed by atoms with E-state index in [1.807, 2.05) is 0 Å². The first-order valence-corrected chi connectivity index (χ1v) is 11.5. The molecule has 0 radical (unpaired) electrons. The molecule has 4 heterocycles. The normalized spacial score (nSPS) is 18.9. The van der Waals surface area contributed by atoms with Crippen molar-refractivity contribution in [2.24, 2.45) is 0 Å². The van der Waals surface area contributed by atoms with Crippen molar-refractivity contribution in [2.75, 3.05) is 18.1 Å². The van der Waals surface area contributed by atoms with Crippen LogP contribution in [0.25, 0.3) is 16.0 Å². The van der Waals surface area contributed by atoms with Gasteiger partial charge in [-0.15, -0.1) is 0 Å². The van der Waals surface area contributed by atoms with E-state index in [4.69, 9.17) is 9.47 Å². The van der Waals surface area contributed by atoms with Crippen molar-refractivity contribution in [1.29, 1.82) is 0 Å². The lowest BCUT2D eigenvalue weighted by Crippen LogP contribution is -2.29. The van der Waals surface area contributed by atoms with E-state index in [9.17, 15) is 19.1 Å². The molecule has 0 spiro atoms. The number of aliphatic hydroxyl groups is 1. The van der Waals surface area contributed by atoms with Crippen LogP contribution < -0.4 is 14.4 Å². The lowest BCUT2D eigenvalue weighted by molar-refractivity contribution is -0.132. The maximum Gasteiger partial charge on any atom is 0.301 e. The second-order valence-electron chi connectivity index (χ2n) is 7.92. The number of hydrogen-bond donors (Lipinski definition) is 1. The van der Waals surface area contributed by atoms with Crippen molar-refractivity contribution in [2.45, 2.75) is 6.04 Å². The van der Waals surface area contributed by atoms with Gasteiger partial charge in [-0.3, -0.25) is 19.5 Å². The molecule has 1 amide bonds. The van der Waals surface area contributed by atoms with Gasteiger partial charge in [0.2, 0.25) is 0 Å². The number of hydrogen-bond acceptors (Lipinski definition) is 8. The van der Waals surface area contributed by atoms with E-state index in [0.717, 1.165) is 11.3 Å². The molecule has 1 atom stereocenters. The number of carbonyl (C=O) groups is 2. The Hall–Kier alpha value is -4.31. The number of ether oxygens (including phenoxy) is 2. The lowest BCUT2D eigenvalue weighted by Gasteiger charge is -2.23. The molecule has 0 aliphatic carbocycles. The molecule has 4 aromatic rings. The summed E-state index contributed by atoms with van der Waals surface area (Å²) in [6.45, 7) is 0.770. The lowest BCUT2D eigenvalue weighted by atomic mass is 9.96. The summed E-state index contributed by atoms with van der Waals surface area (Å²) in [5.74, 6) is -1.55. The number of ketones is 1. The van der Waals surface area contributed by atoms with Gasteiger partial charge in [0.1, 0.15) is 24.8 Å². The van der Waals surface area contributed by atoms with Crippen LogP contribution in [0.2, 0.25) is 0 Å². The SMILES string of the molecule is O=C1C(=O)N(c2nc3ccc(F)cc3s2)[C@H](c2cccnc2)C1=C(O)c1ccc2c(c1)OCCO2. The number of anilines is 1. The molecule has 8 nitrogen and oxygen atoms in total. The maximum absolute atomic E-state index is 13.8. The number of halogens is 1. The first-order chi connectivity index (χ1) is 17.0. The number of thiazole rings is 1. The number of aliphatic hydroxyl groups excluding tert-OH is 1. The Morgan fingerprint density at radius 3 is 2.71 bits per heavy atom. The second-order valence-corrected chi connectivity index (χ2v) is 8.93. The van der Waals surface area contributed by atoms with E-state index in [1.54, 1.807) is 36.5 Å². The van der Waals surface area contributed by atoms with E-state index in [1.165, 1.54) is 29.3 Å². The van der Waals surface area contributed by atoms with Crippen LogP contribution in [-0.2, 0) is 9.59 Å². The zero-order valence-electron chi connectivity index (χ0n) is 18.0. The number of aromatic nitrogens is 2. The average molecular weight is 489 g/mol.